The van der Waals surface area contributed by atoms with Crippen LogP contribution in [0.2, 0.25) is 0 Å². The van der Waals surface area contributed by atoms with E-state index in [-0.39, 0.29) is 11.9 Å². The number of aliphatic carboxylic acids is 1. The van der Waals surface area contributed by atoms with E-state index in [2.05, 4.69) is 0 Å². The van der Waals surface area contributed by atoms with Gasteiger partial charge in [0.25, 0.3) is 5.91 Å². The molecule has 0 aromatic heterocycles. The molecule has 0 aliphatic heterocycles. The lowest BCUT2D eigenvalue weighted by Gasteiger charge is -2.24. The molecule has 0 bridgehead atoms. The van der Waals surface area contributed by atoms with Gasteiger partial charge in [0.1, 0.15) is 0 Å². The van der Waals surface area contributed by atoms with Gasteiger partial charge in [-0.3, -0.25) is 4.79 Å². The molecule has 0 spiro atoms. The Bertz CT molecular complexity index is 535. The van der Waals surface area contributed by atoms with Crippen molar-refractivity contribution in [2.24, 2.45) is 0 Å². The Balaban J connectivity index is 3.07. The highest BCUT2D eigenvalue weighted by molar-refractivity contribution is 5.95. The van der Waals surface area contributed by atoms with Crippen LogP contribution in [0.5, 0.6) is 0 Å². The molecule has 1 rings (SSSR count). The lowest BCUT2D eigenvalue weighted by molar-refractivity contribution is -0.131. The summed E-state index contributed by atoms with van der Waals surface area (Å²) in [5.41, 5.74) is 2.23. The molecule has 0 radical (unpaired) electrons. The fourth-order valence-electron chi connectivity index (χ4n) is 1.88. The van der Waals surface area contributed by atoms with Crippen molar-refractivity contribution >= 4 is 18.0 Å². The van der Waals surface area contributed by atoms with Crippen LogP contribution in [0.25, 0.3) is 6.08 Å². The van der Waals surface area contributed by atoms with Crippen LogP contribution < -0.4 is 0 Å². The molecule has 0 heterocycles. The molecule has 108 valence electrons. The van der Waals surface area contributed by atoms with Crippen LogP contribution in [0.1, 0.15) is 41.8 Å². The maximum absolute atomic E-state index is 12.4. The van der Waals surface area contributed by atoms with Gasteiger partial charge in [0.05, 0.1) is 0 Å². The number of carboxylic acids is 1. The molecule has 4 nitrogen and oxygen atoms in total. The predicted molar refractivity (Wildman–Crippen MR) is 79.7 cm³/mol. The van der Waals surface area contributed by atoms with Gasteiger partial charge in [-0.2, -0.15) is 0 Å². The van der Waals surface area contributed by atoms with Crippen molar-refractivity contribution in [3.63, 3.8) is 0 Å². The van der Waals surface area contributed by atoms with Crippen LogP contribution >= 0.6 is 0 Å². The minimum Gasteiger partial charge on any atom is -0.478 e. The van der Waals surface area contributed by atoms with Gasteiger partial charge in [0.2, 0.25) is 0 Å². The molecule has 20 heavy (non-hydrogen) atoms. The van der Waals surface area contributed by atoms with Crippen molar-refractivity contribution in [2.45, 2.75) is 33.2 Å². The maximum Gasteiger partial charge on any atom is 0.328 e. The van der Waals surface area contributed by atoms with Crippen molar-refractivity contribution in [1.29, 1.82) is 0 Å². The van der Waals surface area contributed by atoms with Crippen LogP contribution in [0, 0.1) is 6.92 Å². The van der Waals surface area contributed by atoms with E-state index in [1.165, 1.54) is 6.08 Å². The quantitative estimate of drug-likeness (QED) is 0.840. The van der Waals surface area contributed by atoms with Gasteiger partial charge < -0.3 is 10.0 Å². The van der Waals surface area contributed by atoms with Gasteiger partial charge in [0.15, 0.2) is 0 Å². The van der Waals surface area contributed by atoms with Crippen molar-refractivity contribution < 1.29 is 14.7 Å². The van der Waals surface area contributed by atoms with Gasteiger partial charge in [-0.25, -0.2) is 4.79 Å². The third-order valence-corrected chi connectivity index (χ3v) is 3.34. The van der Waals surface area contributed by atoms with Crippen LogP contribution in [-0.2, 0) is 4.79 Å². The topological polar surface area (TPSA) is 57.6 Å². The first-order valence-electron chi connectivity index (χ1n) is 6.65. The molecule has 4 heteroatoms. The van der Waals surface area contributed by atoms with Gasteiger partial charge >= 0.3 is 5.97 Å². The maximum atomic E-state index is 12.4. The van der Waals surface area contributed by atoms with E-state index in [9.17, 15) is 9.59 Å². The van der Waals surface area contributed by atoms with E-state index >= 15 is 0 Å². The Morgan fingerprint density at radius 1 is 1.35 bits per heavy atom. The van der Waals surface area contributed by atoms with Crippen molar-refractivity contribution in [3.8, 4) is 0 Å². The van der Waals surface area contributed by atoms with Crippen molar-refractivity contribution in [3.05, 3.63) is 41.0 Å². The highest BCUT2D eigenvalue weighted by Crippen LogP contribution is 2.15. The zero-order valence-electron chi connectivity index (χ0n) is 12.4. The summed E-state index contributed by atoms with van der Waals surface area (Å²) in [4.78, 5) is 24.6. The Labute approximate surface area is 119 Å². The van der Waals surface area contributed by atoms with E-state index in [1.54, 1.807) is 18.0 Å². The molecule has 1 amide bonds. The molecule has 1 aromatic carbocycles. The summed E-state index contributed by atoms with van der Waals surface area (Å²) in [6.45, 7) is 5.92. The third kappa shape index (κ3) is 4.23. The number of hydrogen-bond donors (Lipinski definition) is 1. The second kappa shape index (κ2) is 6.89. The van der Waals surface area contributed by atoms with Crippen molar-refractivity contribution in [2.75, 3.05) is 7.05 Å². The van der Waals surface area contributed by atoms with Crippen LogP contribution in [0.3, 0.4) is 0 Å². The van der Waals surface area contributed by atoms with E-state index in [4.69, 9.17) is 5.11 Å². The largest absolute Gasteiger partial charge is 0.478 e. The summed E-state index contributed by atoms with van der Waals surface area (Å²) in [7, 11) is 1.78. The number of hydrogen-bond acceptors (Lipinski definition) is 2. The first-order valence-corrected chi connectivity index (χ1v) is 6.65. The standard InChI is InChI=1S/C16H21NO3/c1-5-12(3)17(4)16(20)14-9-11(2)8-13(10-14)6-7-15(18)19/h6-10,12H,5H2,1-4H3,(H,18,19)/b7-6+. The van der Waals surface area contributed by atoms with E-state index in [1.807, 2.05) is 32.9 Å². The normalized spacial score (nSPS) is 12.4. The zero-order valence-corrected chi connectivity index (χ0v) is 12.4. The summed E-state index contributed by atoms with van der Waals surface area (Å²) >= 11 is 0. The van der Waals surface area contributed by atoms with Crippen LogP contribution in [0.15, 0.2) is 24.3 Å². The van der Waals surface area contributed by atoms with E-state index in [0.717, 1.165) is 18.1 Å². The summed E-state index contributed by atoms with van der Waals surface area (Å²) in [5.74, 6) is -1.05. The number of carbonyl (C=O) groups excluding carboxylic acids is 1. The smallest absolute Gasteiger partial charge is 0.328 e. The van der Waals surface area contributed by atoms with E-state index in [0.29, 0.717) is 11.1 Å². The third-order valence-electron chi connectivity index (χ3n) is 3.34. The van der Waals surface area contributed by atoms with Crippen LogP contribution in [0.4, 0.5) is 0 Å². The molecule has 1 N–H and O–H groups in total. The number of carbonyl (C=O) groups is 2. The highest BCUT2D eigenvalue weighted by atomic mass is 16.4. The number of nitrogens with zero attached hydrogens (tertiary/aromatic N) is 1. The Hall–Kier alpha value is -2.10. The number of aryl methyl sites for hydroxylation is 1. The number of amides is 1. The molecule has 0 fully saturated rings. The number of rotatable bonds is 5. The lowest BCUT2D eigenvalue weighted by atomic mass is 10.0. The van der Waals surface area contributed by atoms with E-state index < -0.39 is 5.97 Å². The fourth-order valence-corrected chi connectivity index (χ4v) is 1.88. The number of carboxylic acid groups (broad SMARTS) is 1. The zero-order chi connectivity index (χ0) is 15.3. The first-order chi connectivity index (χ1) is 9.35. The average Bonchev–Trinajstić information content (AvgIpc) is 2.42. The van der Waals surface area contributed by atoms with Gasteiger partial charge in [-0.1, -0.05) is 13.0 Å². The molecule has 0 saturated carbocycles. The van der Waals surface area contributed by atoms with Gasteiger partial charge in [-0.15, -0.1) is 0 Å². The molecule has 0 aliphatic carbocycles. The monoisotopic (exact) mass is 275 g/mol. The molecule has 0 aliphatic rings. The lowest BCUT2D eigenvalue weighted by Crippen LogP contribution is -2.34. The fraction of sp³-hybridized carbons (Fsp3) is 0.375. The molecular formula is C16H21NO3. The minimum absolute atomic E-state index is 0.0481. The minimum atomic E-state index is -1.00. The Morgan fingerprint density at radius 2 is 2.00 bits per heavy atom. The molecule has 1 atom stereocenters. The van der Waals surface area contributed by atoms with Gasteiger partial charge in [-0.05, 0) is 49.6 Å². The highest BCUT2D eigenvalue weighted by Gasteiger charge is 2.16. The molecule has 0 saturated heterocycles. The SMILES string of the molecule is CCC(C)N(C)C(=O)c1cc(C)cc(/C=C/C(=O)O)c1. The van der Waals surface area contributed by atoms with Gasteiger partial charge in [0, 0.05) is 24.7 Å². The van der Waals surface area contributed by atoms with Crippen molar-refractivity contribution in [1.82, 2.24) is 4.90 Å². The summed E-state index contributed by atoms with van der Waals surface area (Å²) < 4.78 is 0. The summed E-state index contributed by atoms with van der Waals surface area (Å²) in [6, 6.07) is 5.55. The predicted octanol–water partition coefficient (Wildman–Crippen LogP) is 2.96. The number of benzene rings is 1. The average molecular weight is 275 g/mol. The second-order valence-electron chi connectivity index (χ2n) is 4.98. The van der Waals surface area contributed by atoms with Crippen LogP contribution in [-0.4, -0.2) is 35.0 Å². The molecular weight excluding hydrogens is 254 g/mol. The Kier molecular flexibility index (Phi) is 5.50. The Morgan fingerprint density at radius 3 is 2.55 bits per heavy atom. The summed E-state index contributed by atoms with van der Waals surface area (Å²) in [6.07, 6.45) is 3.45. The molecule has 1 aromatic rings. The first kappa shape index (κ1) is 16.0. The molecule has 1 unspecified atom stereocenters. The summed E-state index contributed by atoms with van der Waals surface area (Å²) in [5, 5.41) is 8.65. The second-order valence-corrected chi connectivity index (χ2v) is 4.98.